The molecule has 0 radical (unpaired) electrons. The quantitative estimate of drug-likeness (QED) is 0.864. The lowest BCUT2D eigenvalue weighted by molar-refractivity contribution is 0.157. The topological polar surface area (TPSA) is 51.8 Å². The molecule has 1 aromatic rings. The third-order valence-electron chi connectivity index (χ3n) is 4.49. The van der Waals surface area contributed by atoms with Crippen molar-refractivity contribution in [2.75, 3.05) is 6.54 Å². The predicted molar refractivity (Wildman–Crippen MR) is 85.8 cm³/mol. The van der Waals surface area contributed by atoms with Gasteiger partial charge < -0.3 is 5.73 Å². The Morgan fingerprint density at radius 3 is 2.70 bits per heavy atom. The number of thioether (sulfide) groups is 1. The summed E-state index contributed by atoms with van der Waals surface area (Å²) in [4.78, 5) is 8.93. The van der Waals surface area contributed by atoms with Crippen LogP contribution < -0.4 is 5.73 Å². The Labute approximate surface area is 127 Å². The molecule has 3 unspecified atom stereocenters. The van der Waals surface area contributed by atoms with Crippen LogP contribution in [0.4, 0.5) is 0 Å². The Bertz CT molecular complexity index is 442. The van der Waals surface area contributed by atoms with E-state index in [1.165, 1.54) is 19.3 Å². The first-order valence-corrected chi connectivity index (χ1v) is 8.44. The molecule has 0 spiro atoms. The van der Waals surface area contributed by atoms with Crippen molar-refractivity contribution in [3.8, 4) is 0 Å². The molecule has 0 saturated heterocycles. The van der Waals surface area contributed by atoms with Gasteiger partial charge in [0.15, 0.2) is 5.16 Å². The van der Waals surface area contributed by atoms with E-state index in [4.69, 9.17) is 5.73 Å². The Morgan fingerprint density at radius 2 is 2.10 bits per heavy atom. The monoisotopic (exact) mass is 293 g/mol. The minimum absolute atomic E-state index is 0.381. The Kier molecular flexibility index (Phi) is 5.08. The smallest absolute Gasteiger partial charge is 0.188 e. The SMILES string of the molecule is Cc1ccnc(SC2CC(C(C)(C)C)CCC2CN)n1. The molecule has 3 nitrogen and oxygen atoms in total. The van der Waals surface area contributed by atoms with Crippen LogP contribution in [0.5, 0.6) is 0 Å². The molecular formula is C16H27N3S. The Hall–Kier alpha value is -0.610. The lowest BCUT2D eigenvalue weighted by Gasteiger charge is -2.41. The molecule has 0 bridgehead atoms. The highest BCUT2D eigenvalue weighted by atomic mass is 32.2. The third-order valence-corrected chi connectivity index (χ3v) is 5.77. The zero-order valence-corrected chi connectivity index (χ0v) is 13.9. The first kappa shape index (κ1) is 15.8. The Balaban J connectivity index is 2.09. The average Bonchev–Trinajstić information content (AvgIpc) is 2.37. The number of nitrogens with two attached hydrogens (primary N) is 1. The van der Waals surface area contributed by atoms with Crippen LogP contribution in [0.1, 0.15) is 45.7 Å². The highest BCUT2D eigenvalue weighted by Gasteiger charge is 2.36. The third kappa shape index (κ3) is 3.95. The maximum absolute atomic E-state index is 5.98. The van der Waals surface area contributed by atoms with Gasteiger partial charge in [-0.1, -0.05) is 32.5 Å². The maximum Gasteiger partial charge on any atom is 0.188 e. The van der Waals surface area contributed by atoms with E-state index >= 15 is 0 Å². The number of rotatable bonds is 3. The van der Waals surface area contributed by atoms with Gasteiger partial charge in [-0.2, -0.15) is 0 Å². The van der Waals surface area contributed by atoms with Gasteiger partial charge in [0.2, 0.25) is 0 Å². The van der Waals surface area contributed by atoms with Gasteiger partial charge in [0, 0.05) is 17.1 Å². The van der Waals surface area contributed by atoms with Gasteiger partial charge in [0.1, 0.15) is 0 Å². The highest BCUT2D eigenvalue weighted by molar-refractivity contribution is 7.99. The molecule has 0 amide bonds. The molecule has 3 atom stereocenters. The molecule has 2 rings (SSSR count). The summed E-state index contributed by atoms with van der Waals surface area (Å²) in [5, 5.41) is 1.46. The lowest BCUT2D eigenvalue weighted by atomic mass is 9.69. The van der Waals surface area contributed by atoms with Gasteiger partial charge in [-0.25, -0.2) is 9.97 Å². The minimum Gasteiger partial charge on any atom is -0.330 e. The molecule has 1 saturated carbocycles. The van der Waals surface area contributed by atoms with Gasteiger partial charge in [0.05, 0.1) is 0 Å². The van der Waals surface area contributed by atoms with E-state index in [2.05, 4.69) is 30.7 Å². The second-order valence-corrected chi connectivity index (χ2v) is 8.22. The van der Waals surface area contributed by atoms with Crippen LogP contribution in [0.2, 0.25) is 0 Å². The van der Waals surface area contributed by atoms with Gasteiger partial charge in [0.25, 0.3) is 0 Å². The van der Waals surface area contributed by atoms with Crippen molar-refractivity contribution in [1.82, 2.24) is 9.97 Å². The number of aromatic nitrogens is 2. The summed E-state index contributed by atoms with van der Waals surface area (Å²) in [7, 11) is 0. The summed E-state index contributed by atoms with van der Waals surface area (Å²) in [6.45, 7) is 9.85. The van der Waals surface area contributed by atoms with Crippen LogP contribution in [0, 0.1) is 24.2 Å². The normalized spacial score (nSPS) is 27.6. The standard InChI is InChI=1S/C16H27N3S/c1-11-7-8-18-15(19-11)20-14-9-13(16(2,3)4)6-5-12(14)10-17/h7-8,12-14H,5-6,9-10,17H2,1-4H3. The van der Waals surface area contributed by atoms with Crippen molar-refractivity contribution in [2.45, 2.75) is 57.4 Å². The van der Waals surface area contributed by atoms with Gasteiger partial charge >= 0.3 is 0 Å². The zero-order chi connectivity index (χ0) is 14.8. The van der Waals surface area contributed by atoms with Gasteiger partial charge in [-0.05, 0) is 56.0 Å². The molecule has 4 heteroatoms. The molecule has 1 aliphatic carbocycles. The van der Waals surface area contributed by atoms with Crippen molar-refractivity contribution < 1.29 is 0 Å². The van der Waals surface area contributed by atoms with Crippen LogP contribution in [-0.4, -0.2) is 21.8 Å². The van der Waals surface area contributed by atoms with E-state index in [0.29, 0.717) is 16.6 Å². The first-order chi connectivity index (χ1) is 9.40. The predicted octanol–water partition coefficient (Wildman–Crippen LogP) is 3.67. The van der Waals surface area contributed by atoms with Crippen molar-refractivity contribution in [3.05, 3.63) is 18.0 Å². The van der Waals surface area contributed by atoms with E-state index in [9.17, 15) is 0 Å². The molecule has 20 heavy (non-hydrogen) atoms. The maximum atomic E-state index is 5.98. The second kappa shape index (κ2) is 6.44. The van der Waals surface area contributed by atoms with Crippen molar-refractivity contribution >= 4 is 11.8 Å². The average molecular weight is 293 g/mol. The molecule has 1 aromatic heterocycles. The number of aryl methyl sites for hydroxylation is 1. The van der Waals surface area contributed by atoms with E-state index < -0.39 is 0 Å². The Morgan fingerprint density at radius 1 is 1.35 bits per heavy atom. The molecule has 1 aliphatic rings. The fraction of sp³-hybridized carbons (Fsp3) is 0.750. The van der Waals surface area contributed by atoms with Crippen LogP contribution in [0.25, 0.3) is 0 Å². The van der Waals surface area contributed by atoms with Crippen molar-refractivity contribution in [2.24, 2.45) is 23.0 Å². The summed E-state index contributed by atoms with van der Waals surface area (Å²) < 4.78 is 0. The highest BCUT2D eigenvalue weighted by Crippen LogP contribution is 2.44. The van der Waals surface area contributed by atoms with Crippen molar-refractivity contribution in [3.63, 3.8) is 0 Å². The molecule has 1 heterocycles. The van der Waals surface area contributed by atoms with Crippen LogP contribution in [0.15, 0.2) is 17.4 Å². The second-order valence-electron chi connectivity index (χ2n) is 7.01. The number of hydrogen-bond donors (Lipinski definition) is 1. The molecule has 2 N–H and O–H groups in total. The van der Waals surface area contributed by atoms with Crippen LogP contribution >= 0.6 is 11.8 Å². The zero-order valence-electron chi connectivity index (χ0n) is 13.1. The molecule has 0 aliphatic heterocycles. The summed E-state index contributed by atoms with van der Waals surface area (Å²) >= 11 is 1.83. The number of hydrogen-bond acceptors (Lipinski definition) is 4. The fourth-order valence-corrected chi connectivity index (χ4v) is 4.37. The molecule has 0 aromatic carbocycles. The van der Waals surface area contributed by atoms with E-state index in [1.54, 1.807) is 0 Å². The van der Waals surface area contributed by atoms with Gasteiger partial charge in [-0.3, -0.25) is 0 Å². The molecular weight excluding hydrogens is 266 g/mol. The summed E-state index contributed by atoms with van der Waals surface area (Å²) in [6, 6.07) is 1.95. The lowest BCUT2D eigenvalue weighted by Crippen LogP contribution is -2.36. The van der Waals surface area contributed by atoms with Crippen molar-refractivity contribution in [1.29, 1.82) is 0 Å². The first-order valence-electron chi connectivity index (χ1n) is 7.56. The van der Waals surface area contributed by atoms with E-state index in [1.807, 2.05) is 30.9 Å². The fourth-order valence-electron chi connectivity index (χ4n) is 3.01. The van der Waals surface area contributed by atoms with E-state index in [0.717, 1.165) is 23.3 Å². The summed E-state index contributed by atoms with van der Waals surface area (Å²) in [5.74, 6) is 1.37. The van der Waals surface area contributed by atoms with Gasteiger partial charge in [-0.15, -0.1) is 0 Å². The van der Waals surface area contributed by atoms with Crippen LogP contribution in [0.3, 0.4) is 0 Å². The van der Waals surface area contributed by atoms with Crippen LogP contribution in [-0.2, 0) is 0 Å². The summed E-state index contributed by atoms with van der Waals surface area (Å²) in [5.41, 5.74) is 7.40. The minimum atomic E-state index is 0.381. The molecule has 112 valence electrons. The summed E-state index contributed by atoms with van der Waals surface area (Å²) in [6.07, 6.45) is 5.62. The molecule has 1 fully saturated rings. The van der Waals surface area contributed by atoms with E-state index in [-0.39, 0.29) is 0 Å². The number of nitrogens with zero attached hydrogens (tertiary/aromatic N) is 2. The largest absolute Gasteiger partial charge is 0.330 e.